The minimum atomic E-state index is -0.00490. The maximum absolute atomic E-state index is 10.9. The number of ether oxygens (including phenoxy) is 1. The summed E-state index contributed by atoms with van der Waals surface area (Å²) in [6.45, 7) is 2.17. The SMILES string of the molecule is CC/C=C/CCCCCCC1CCC(=O)O1. The molecule has 0 aromatic rings. The van der Waals surface area contributed by atoms with Gasteiger partial charge in [0, 0.05) is 6.42 Å². The normalized spacial score (nSPS) is 20.6. The van der Waals surface area contributed by atoms with Crippen LogP contribution in [0.3, 0.4) is 0 Å². The summed E-state index contributed by atoms with van der Waals surface area (Å²) in [5.41, 5.74) is 0. The van der Waals surface area contributed by atoms with Crippen LogP contribution in [0.2, 0.25) is 0 Å². The fourth-order valence-corrected chi connectivity index (χ4v) is 2.06. The van der Waals surface area contributed by atoms with E-state index in [0.29, 0.717) is 6.42 Å². The lowest BCUT2D eigenvalue weighted by atomic mass is 10.1. The third-order valence-corrected chi connectivity index (χ3v) is 3.02. The van der Waals surface area contributed by atoms with Gasteiger partial charge in [0.1, 0.15) is 6.10 Å². The number of carbonyl (C=O) groups excluding carboxylic acids is 1. The van der Waals surface area contributed by atoms with Crippen molar-refractivity contribution in [2.75, 3.05) is 0 Å². The number of hydrogen-bond acceptors (Lipinski definition) is 2. The van der Waals surface area contributed by atoms with E-state index >= 15 is 0 Å². The molecular formula is C14H24O2. The standard InChI is InChI=1S/C14H24O2/c1-2-3-4-5-6-7-8-9-10-13-11-12-14(15)16-13/h3-4,13H,2,5-12H2,1H3/b4-3+. The number of carbonyl (C=O) groups is 1. The van der Waals surface area contributed by atoms with Crippen molar-refractivity contribution in [2.24, 2.45) is 0 Å². The summed E-state index contributed by atoms with van der Waals surface area (Å²) in [5, 5.41) is 0. The molecule has 0 amide bonds. The number of esters is 1. The highest BCUT2D eigenvalue weighted by Gasteiger charge is 2.22. The van der Waals surface area contributed by atoms with E-state index in [1.807, 2.05) is 0 Å². The Morgan fingerprint density at radius 2 is 2.06 bits per heavy atom. The van der Waals surface area contributed by atoms with E-state index in [1.165, 1.54) is 32.1 Å². The van der Waals surface area contributed by atoms with Crippen molar-refractivity contribution in [1.29, 1.82) is 0 Å². The minimum absolute atomic E-state index is 0.00490. The highest BCUT2D eigenvalue weighted by Crippen LogP contribution is 2.19. The molecule has 0 spiro atoms. The lowest BCUT2D eigenvalue weighted by Gasteiger charge is -2.07. The molecule has 92 valence electrons. The predicted molar refractivity (Wildman–Crippen MR) is 66.2 cm³/mol. The summed E-state index contributed by atoms with van der Waals surface area (Å²) in [6, 6.07) is 0. The average molecular weight is 224 g/mol. The van der Waals surface area contributed by atoms with Gasteiger partial charge in [0.15, 0.2) is 0 Å². The van der Waals surface area contributed by atoms with Crippen LogP contribution < -0.4 is 0 Å². The lowest BCUT2D eigenvalue weighted by Crippen LogP contribution is -2.06. The largest absolute Gasteiger partial charge is 0.462 e. The molecule has 0 aliphatic carbocycles. The van der Waals surface area contributed by atoms with Crippen molar-refractivity contribution < 1.29 is 9.53 Å². The first-order valence-corrected chi connectivity index (χ1v) is 6.67. The molecule has 1 aliphatic heterocycles. The van der Waals surface area contributed by atoms with Crippen LogP contribution in [0.5, 0.6) is 0 Å². The van der Waals surface area contributed by atoms with Crippen molar-refractivity contribution in [2.45, 2.75) is 70.8 Å². The van der Waals surface area contributed by atoms with Gasteiger partial charge in [-0.1, -0.05) is 31.9 Å². The van der Waals surface area contributed by atoms with Crippen LogP contribution in [0.25, 0.3) is 0 Å². The molecule has 0 saturated carbocycles. The Morgan fingerprint density at radius 3 is 2.75 bits per heavy atom. The Labute approximate surface area is 99.1 Å². The van der Waals surface area contributed by atoms with Gasteiger partial charge >= 0.3 is 5.97 Å². The summed E-state index contributed by atoms with van der Waals surface area (Å²) in [6.07, 6.45) is 14.8. The fraction of sp³-hybridized carbons (Fsp3) is 0.786. The molecule has 0 bridgehead atoms. The smallest absolute Gasteiger partial charge is 0.306 e. The first-order chi connectivity index (χ1) is 7.83. The number of hydrogen-bond donors (Lipinski definition) is 0. The molecule has 1 saturated heterocycles. The first kappa shape index (κ1) is 13.3. The average Bonchev–Trinajstić information content (AvgIpc) is 2.68. The number of allylic oxidation sites excluding steroid dienone is 2. The number of cyclic esters (lactones) is 1. The second-order valence-electron chi connectivity index (χ2n) is 4.52. The monoisotopic (exact) mass is 224 g/mol. The van der Waals surface area contributed by atoms with Crippen LogP contribution in [-0.4, -0.2) is 12.1 Å². The molecule has 1 unspecified atom stereocenters. The number of unbranched alkanes of at least 4 members (excludes halogenated alkanes) is 4. The van der Waals surface area contributed by atoms with Crippen LogP contribution in [0.15, 0.2) is 12.2 Å². The maximum Gasteiger partial charge on any atom is 0.306 e. The Kier molecular flexibility index (Phi) is 6.95. The van der Waals surface area contributed by atoms with E-state index in [9.17, 15) is 4.79 Å². The van der Waals surface area contributed by atoms with Crippen LogP contribution in [-0.2, 0) is 9.53 Å². The van der Waals surface area contributed by atoms with Gasteiger partial charge in [0.05, 0.1) is 0 Å². The zero-order valence-corrected chi connectivity index (χ0v) is 10.4. The van der Waals surface area contributed by atoms with E-state index in [-0.39, 0.29) is 12.1 Å². The summed E-state index contributed by atoms with van der Waals surface area (Å²) >= 11 is 0. The zero-order valence-electron chi connectivity index (χ0n) is 10.4. The van der Waals surface area contributed by atoms with Gasteiger partial charge in [-0.15, -0.1) is 0 Å². The maximum atomic E-state index is 10.9. The van der Waals surface area contributed by atoms with Crippen molar-refractivity contribution >= 4 is 5.97 Å². The van der Waals surface area contributed by atoms with E-state index in [2.05, 4.69) is 19.1 Å². The molecule has 1 heterocycles. The molecule has 0 N–H and O–H groups in total. The topological polar surface area (TPSA) is 26.3 Å². The Hall–Kier alpha value is -0.790. The third-order valence-electron chi connectivity index (χ3n) is 3.02. The van der Waals surface area contributed by atoms with Gasteiger partial charge < -0.3 is 4.74 Å². The minimum Gasteiger partial charge on any atom is -0.462 e. The van der Waals surface area contributed by atoms with Crippen molar-refractivity contribution in [3.63, 3.8) is 0 Å². The van der Waals surface area contributed by atoms with Gasteiger partial charge in [-0.2, -0.15) is 0 Å². The summed E-state index contributed by atoms with van der Waals surface area (Å²) in [5.74, 6) is -0.00490. The molecular weight excluding hydrogens is 200 g/mol. The molecule has 0 radical (unpaired) electrons. The Morgan fingerprint density at radius 1 is 1.25 bits per heavy atom. The van der Waals surface area contributed by atoms with E-state index in [4.69, 9.17) is 4.74 Å². The van der Waals surface area contributed by atoms with Crippen molar-refractivity contribution in [3.8, 4) is 0 Å². The van der Waals surface area contributed by atoms with Crippen molar-refractivity contribution in [3.05, 3.63) is 12.2 Å². The molecule has 2 heteroatoms. The number of rotatable bonds is 8. The fourth-order valence-electron chi connectivity index (χ4n) is 2.06. The molecule has 1 aliphatic rings. The lowest BCUT2D eigenvalue weighted by molar-refractivity contribution is -0.141. The molecule has 1 rings (SSSR count). The Balaban J connectivity index is 1.85. The molecule has 16 heavy (non-hydrogen) atoms. The zero-order chi connectivity index (χ0) is 11.6. The molecule has 0 aromatic carbocycles. The summed E-state index contributed by atoms with van der Waals surface area (Å²) < 4.78 is 5.17. The molecule has 1 atom stereocenters. The van der Waals surface area contributed by atoms with E-state index in [1.54, 1.807) is 0 Å². The van der Waals surface area contributed by atoms with Crippen LogP contribution in [0.4, 0.5) is 0 Å². The summed E-state index contributed by atoms with van der Waals surface area (Å²) in [7, 11) is 0. The van der Waals surface area contributed by atoms with Crippen LogP contribution >= 0.6 is 0 Å². The van der Waals surface area contributed by atoms with E-state index in [0.717, 1.165) is 19.3 Å². The molecule has 2 nitrogen and oxygen atoms in total. The second-order valence-corrected chi connectivity index (χ2v) is 4.52. The van der Waals surface area contributed by atoms with Crippen molar-refractivity contribution in [1.82, 2.24) is 0 Å². The van der Waals surface area contributed by atoms with Gasteiger partial charge in [-0.3, -0.25) is 4.79 Å². The quantitative estimate of drug-likeness (QED) is 0.354. The van der Waals surface area contributed by atoms with Gasteiger partial charge in [0.2, 0.25) is 0 Å². The van der Waals surface area contributed by atoms with Gasteiger partial charge in [-0.05, 0) is 38.5 Å². The van der Waals surface area contributed by atoms with E-state index < -0.39 is 0 Å². The predicted octanol–water partition coefficient (Wildman–Crippen LogP) is 4.00. The highest BCUT2D eigenvalue weighted by molar-refractivity contribution is 5.71. The first-order valence-electron chi connectivity index (χ1n) is 6.67. The van der Waals surface area contributed by atoms with Crippen LogP contribution in [0.1, 0.15) is 64.7 Å². The van der Waals surface area contributed by atoms with Gasteiger partial charge in [-0.25, -0.2) is 0 Å². The molecule has 0 aromatic heterocycles. The van der Waals surface area contributed by atoms with Gasteiger partial charge in [0.25, 0.3) is 0 Å². The highest BCUT2D eigenvalue weighted by atomic mass is 16.5. The second kappa shape index (κ2) is 8.37. The summed E-state index contributed by atoms with van der Waals surface area (Å²) in [4.78, 5) is 10.9. The molecule has 1 fully saturated rings. The third kappa shape index (κ3) is 5.94. The van der Waals surface area contributed by atoms with Crippen LogP contribution in [0, 0.1) is 0 Å². The Bertz CT molecular complexity index is 221.